The highest BCUT2D eigenvalue weighted by atomic mass is 16.5. The Labute approximate surface area is 65.0 Å². The van der Waals surface area contributed by atoms with E-state index in [4.69, 9.17) is 13.4 Å². The lowest BCUT2D eigenvalue weighted by Crippen LogP contribution is -1.68. The van der Waals surface area contributed by atoms with Gasteiger partial charge >= 0.3 is 0 Å². The van der Waals surface area contributed by atoms with Gasteiger partial charge in [-0.2, -0.15) is 5.16 Å². The highest BCUT2D eigenvalue weighted by molar-refractivity contribution is 6.16. The summed E-state index contributed by atoms with van der Waals surface area (Å²) in [6.45, 7) is 0. The fourth-order valence-electron chi connectivity index (χ4n) is 1.42. The second-order valence-electron chi connectivity index (χ2n) is 2.83. The van der Waals surface area contributed by atoms with Crippen LogP contribution >= 0.6 is 0 Å². The largest absolute Gasteiger partial charge is 0.449 e. The van der Waals surface area contributed by atoms with Crippen LogP contribution in [0.25, 0.3) is 33.4 Å². The third kappa shape index (κ3) is 0.404. The quantitative estimate of drug-likeness (QED) is 0.431. The summed E-state index contributed by atoms with van der Waals surface area (Å²) in [6, 6.07) is 3.74. The number of aromatic amines is 1. The fourth-order valence-corrected chi connectivity index (χ4v) is 1.42. The lowest BCUT2D eigenvalue weighted by Gasteiger charge is -1.84. The van der Waals surface area contributed by atoms with Crippen LogP contribution in [0.1, 0.15) is 0 Å². The Morgan fingerprint density at radius 3 is 2.92 bits per heavy atom. The van der Waals surface area contributed by atoms with E-state index in [0.717, 1.165) is 27.7 Å². The average molecular weight is 161 g/mol. The first-order valence-electron chi connectivity index (χ1n) is 3.64. The average Bonchev–Trinajstić information content (AvgIpc) is 2.98. The van der Waals surface area contributed by atoms with Gasteiger partial charge in [0, 0.05) is 0 Å². The van der Waals surface area contributed by atoms with E-state index in [1.54, 1.807) is 0 Å². The van der Waals surface area contributed by atoms with Crippen LogP contribution in [0.5, 0.6) is 0 Å². The van der Waals surface area contributed by atoms with Crippen molar-refractivity contribution in [2.45, 2.75) is 0 Å². The van der Waals surface area contributed by atoms with Crippen molar-refractivity contribution in [3.8, 4) is 0 Å². The normalized spacial score (nSPS) is 13.0. The first-order chi connectivity index (χ1) is 5.93. The molecule has 4 aromatic rings. The number of hydrogen-bond donors (Lipinski definition) is 1. The number of rotatable bonds is 0. The molecule has 1 aromatic carbocycles. The molecule has 0 aliphatic carbocycles. The molecule has 0 saturated carbocycles. The molecule has 0 aliphatic rings. The molecule has 0 amide bonds. The molecule has 4 heteroatoms. The molecular formula is C8H3NO3. The number of H-pyrrole nitrogens is 1. The number of aromatic nitrogens is 1. The lowest BCUT2D eigenvalue weighted by molar-refractivity contribution is 0.449. The van der Waals surface area contributed by atoms with Gasteiger partial charge in [-0.25, -0.2) is 0 Å². The fraction of sp³-hybridized carbons (Fsp3) is 0. The molecule has 0 saturated heterocycles. The SMILES string of the molecule is c1cc2o[nH]c3oc3c2c2oc12. The van der Waals surface area contributed by atoms with Crippen LogP contribution in [0.15, 0.2) is 25.5 Å². The van der Waals surface area contributed by atoms with Crippen molar-refractivity contribution in [1.82, 2.24) is 5.16 Å². The Morgan fingerprint density at radius 1 is 1.00 bits per heavy atom. The van der Waals surface area contributed by atoms with Gasteiger partial charge in [0.05, 0.1) is 0 Å². The van der Waals surface area contributed by atoms with Crippen molar-refractivity contribution in [3.05, 3.63) is 12.1 Å². The van der Waals surface area contributed by atoms with Crippen LogP contribution in [-0.2, 0) is 0 Å². The van der Waals surface area contributed by atoms with Gasteiger partial charge in [0.15, 0.2) is 16.7 Å². The van der Waals surface area contributed by atoms with E-state index in [0.29, 0.717) is 5.71 Å². The second-order valence-corrected chi connectivity index (χ2v) is 2.83. The molecule has 3 heterocycles. The Morgan fingerprint density at radius 2 is 1.92 bits per heavy atom. The number of benzene rings is 1. The third-order valence-corrected chi connectivity index (χ3v) is 2.10. The maximum Gasteiger partial charge on any atom is 0.271 e. The van der Waals surface area contributed by atoms with Crippen molar-refractivity contribution in [2.24, 2.45) is 0 Å². The van der Waals surface area contributed by atoms with E-state index < -0.39 is 0 Å². The van der Waals surface area contributed by atoms with Crippen LogP contribution in [0.2, 0.25) is 0 Å². The van der Waals surface area contributed by atoms with Crippen LogP contribution in [0.3, 0.4) is 0 Å². The van der Waals surface area contributed by atoms with E-state index in [1.807, 2.05) is 12.1 Å². The summed E-state index contributed by atoms with van der Waals surface area (Å²) < 4.78 is 15.5. The summed E-state index contributed by atoms with van der Waals surface area (Å²) in [5.74, 6) is 0. The summed E-state index contributed by atoms with van der Waals surface area (Å²) in [6.07, 6.45) is 0. The summed E-state index contributed by atoms with van der Waals surface area (Å²) in [5.41, 5.74) is 4.13. The predicted octanol–water partition coefficient (Wildman–Crippen LogP) is 2.69. The van der Waals surface area contributed by atoms with E-state index in [2.05, 4.69) is 5.16 Å². The van der Waals surface area contributed by atoms with E-state index in [1.165, 1.54) is 0 Å². The van der Waals surface area contributed by atoms with E-state index in [9.17, 15) is 0 Å². The van der Waals surface area contributed by atoms with Gasteiger partial charge in [-0.15, -0.1) is 0 Å². The van der Waals surface area contributed by atoms with Crippen molar-refractivity contribution in [3.63, 3.8) is 0 Å². The number of fused-ring (bicyclic) bond motifs is 5. The third-order valence-electron chi connectivity index (χ3n) is 2.10. The van der Waals surface area contributed by atoms with Crippen molar-refractivity contribution in [1.29, 1.82) is 0 Å². The standard InChI is InChI=1S/C8H3NO3/c1-2-4-6(10-4)5-3(1)12-9-8-7(5)11-8/h1-2,9H. The predicted molar refractivity (Wildman–Crippen MR) is 41.3 cm³/mol. The molecule has 0 spiro atoms. The monoisotopic (exact) mass is 161 g/mol. The van der Waals surface area contributed by atoms with Crippen LogP contribution in [0.4, 0.5) is 0 Å². The molecule has 4 rings (SSSR count). The first-order valence-corrected chi connectivity index (χ1v) is 3.64. The molecule has 0 aliphatic heterocycles. The Bertz CT molecular complexity index is 608. The smallest absolute Gasteiger partial charge is 0.271 e. The van der Waals surface area contributed by atoms with Gasteiger partial charge in [-0.05, 0) is 12.1 Å². The van der Waals surface area contributed by atoms with Gasteiger partial charge < -0.3 is 13.4 Å². The highest BCUT2D eigenvalue weighted by Crippen LogP contribution is 2.39. The van der Waals surface area contributed by atoms with Crippen molar-refractivity contribution >= 4 is 33.4 Å². The molecule has 12 heavy (non-hydrogen) atoms. The Balaban J connectivity index is 2.48. The zero-order chi connectivity index (χ0) is 7.71. The molecule has 3 aromatic heterocycles. The first kappa shape index (κ1) is 4.92. The molecule has 4 nitrogen and oxygen atoms in total. The molecule has 0 radical (unpaired) electrons. The molecule has 0 fully saturated rings. The molecule has 0 bridgehead atoms. The zero-order valence-electron chi connectivity index (χ0n) is 5.88. The summed E-state index contributed by atoms with van der Waals surface area (Å²) in [4.78, 5) is 0. The van der Waals surface area contributed by atoms with Gasteiger partial charge in [-0.1, -0.05) is 0 Å². The molecule has 0 atom stereocenters. The maximum atomic E-state index is 5.21. The van der Waals surface area contributed by atoms with Gasteiger partial charge in [0.2, 0.25) is 5.58 Å². The highest BCUT2D eigenvalue weighted by Gasteiger charge is 2.21. The summed E-state index contributed by atoms with van der Waals surface area (Å²) in [7, 11) is 0. The minimum absolute atomic E-state index is 0.700. The van der Waals surface area contributed by atoms with Crippen LogP contribution in [0, 0.1) is 0 Å². The molecule has 58 valence electrons. The second kappa shape index (κ2) is 1.24. The molecule has 1 N–H and O–H groups in total. The summed E-state index contributed by atoms with van der Waals surface area (Å²) >= 11 is 0. The van der Waals surface area contributed by atoms with Crippen molar-refractivity contribution < 1.29 is 13.4 Å². The van der Waals surface area contributed by atoms with Gasteiger partial charge in [-0.3, -0.25) is 0 Å². The minimum atomic E-state index is 0.700. The topological polar surface area (TPSA) is 55.2 Å². The van der Waals surface area contributed by atoms with E-state index >= 15 is 0 Å². The minimum Gasteiger partial charge on any atom is -0.449 e. The number of hydrogen-bond acceptors (Lipinski definition) is 3. The zero-order valence-corrected chi connectivity index (χ0v) is 5.88. The summed E-state index contributed by atoms with van der Waals surface area (Å²) in [5, 5.41) is 3.61. The van der Waals surface area contributed by atoms with Crippen LogP contribution < -0.4 is 0 Å². The number of nitrogens with one attached hydrogen (secondary N) is 1. The van der Waals surface area contributed by atoms with Crippen molar-refractivity contribution in [2.75, 3.05) is 0 Å². The van der Waals surface area contributed by atoms with Gasteiger partial charge in [0.1, 0.15) is 5.39 Å². The van der Waals surface area contributed by atoms with E-state index in [-0.39, 0.29) is 0 Å². The molecular weight excluding hydrogens is 158 g/mol. The molecule has 0 unspecified atom stereocenters. The Hall–Kier alpha value is -1.84. The van der Waals surface area contributed by atoms with Crippen LogP contribution in [-0.4, -0.2) is 5.16 Å². The lowest BCUT2D eigenvalue weighted by atomic mass is 10.2. The van der Waals surface area contributed by atoms with Gasteiger partial charge in [0.25, 0.3) is 5.71 Å². The Kier molecular flexibility index (Phi) is 0.509. The maximum absolute atomic E-state index is 5.21.